The monoisotopic (exact) mass is 190 g/mol. The van der Waals surface area contributed by atoms with Crippen LogP contribution in [0.1, 0.15) is 0 Å². The molecule has 1 N–H and O–H groups in total. The van der Waals surface area contributed by atoms with E-state index >= 15 is 0 Å². The molecule has 3 heteroatoms. The summed E-state index contributed by atoms with van der Waals surface area (Å²) in [6.45, 7) is 4.21. The minimum Gasteiger partial charge on any atom is -0.468 e. The second kappa shape index (κ2) is 5.07. The molecule has 0 heterocycles. The molecule has 0 radical (unpaired) electrons. The van der Waals surface area contributed by atoms with E-state index < -0.39 is 0 Å². The van der Waals surface area contributed by atoms with Crippen molar-refractivity contribution in [2.75, 3.05) is 18.6 Å². The molecule has 0 aliphatic carbocycles. The lowest BCUT2D eigenvalue weighted by Gasteiger charge is -2.21. The summed E-state index contributed by atoms with van der Waals surface area (Å²) in [6.07, 6.45) is 1.74. The molecule has 0 amide bonds. The Labute approximate surface area is 84.1 Å². The fraction of sp³-hybridized carbons (Fsp3) is 0.182. The van der Waals surface area contributed by atoms with Crippen molar-refractivity contribution in [3.8, 4) is 0 Å². The quantitative estimate of drug-likeness (QED) is 0.451. The summed E-state index contributed by atoms with van der Waals surface area (Å²) in [5.41, 5.74) is 0.930. The molecule has 0 unspecified atom stereocenters. The van der Waals surface area contributed by atoms with Gasteiger partial charge in [-0.25, -0.2) is 0 Å². The number of nitrogens with zero attached hydrogens (tertiary/aromatic N) is 1. The molecule has 0 aliphatic rings. The lowest BCUT2D eigenvalue weighted by molar-refractivity contribution is 0.388. The first-order valence-electron chi connectivity index (χ1n) is 4.35. The molecular formula is C11H14N2O. The Balaban J connectivity index is 2.88. The predicted octanol–water partition coefficient (Wildman–Crippen LogP) is 2.26. The first kappa shape index (κ1) is 10.3. The van der Waals surface area contributed by atoms with E-state index in [1.807, 2.05) is 30.3 Å². The third-order valence-corrected chi connectivity index (χ3v) is 1.82. The van der Waals surface area contributed by atoms with Gasteiger partial charge in [-0.3, -0.25) is 10.3 Å². The first-order chi connectivity index (χ1) is 6.79. The molecule has 0 bridgehead atoms. The molecule has 1 aromatic carbocycles. The number of rotatable bonds is 3. The van der Waals surface area contributed by atoms with Crippen molar-refractivity contribution in [2.24, 2.45) is 0 Å². The second-order valence-corrected chi connectivity index (χ2v) is 2.74. The minimum absolute atomic E-state index is 0.121. The van der Waals surface area contributed by atoms with Gasteiger partial charge in [-0.1, -0.05) is 24.3 Å². The van der Waals surface area contributed by atoms with E-state index in [2.05, 4.69) is 6.58 Å². The summed E-state index contributed by atoms with van der Waals surface area (Å²) < 4.78 is 4.88. The number of amidine groups is 1. The van der Waals surface area contributed by atoms with Crippen LogP contribution in [0.25, 0.3) is 0 Å². The summed E-state index contributed by atoms with van der Waals surface area (Å²) in [7, 11) is 1.49. The number of anilines is 1. The van der Waals surface area contributed by atoms with Gasteiger partial charge in [0.2, 0.25) is 0 Å². The lowest BCUT2D eigenvalue weighted by atomic mass is 10.3. The van der Waals surface area contributed by atoms with Gasteiger partial charge in [-0.2, -0.15) is 0 Å². The van der Waals surface area contributed by atoms with Crippen LogP contribution in [0.2, 0.25) is 0 Å². The normalized spacial score (nSPS) is 9.21. The van der Waals surface area contributed by atoms with Crippen molar-refractivity contribution >= 4 is 11.7 Å². The van der Waals surface area contributed by atoms with Crippen molar-refractivity contribution in [1.82, 2.24) is 0 Å². The van der Waals surface area contributed by atoms with E-state index in [-0.39, 0.29) is 6.02 Å². The van der Waals surface area contributed by atoms with Gasteiger partial charge in [-0.05, 0) is 12.1 Å². The molecule has 0 fully saturated rings. The molecule has 0 aromatic heterocycles. The zero-order valence-corrected chi connectivity index (χ0v) is 8.23. The Bertz CT molecular complexity index is 308. The van der Waals surface area contributed by atoms with Gasteiger partial charge >= 0.3 is 0 Å². The Morgan fingerprint density at radius 2 is 2.14 bits per heavy atom. The molecular weight excluding hydrogens is 176 g/mol. The van der Waals surface area contributed by atoms with Gasteiger partial charge in [0.05, 0.1) is 7.11 Å². The van der Waals surface area contributed by atoms with Gasteiger partial charge < -0.3 is 4.74 Å². The largest absolute Gasteiger partial charge is 0.468 e. The van der Waals surface area contributed by atoms with Crippen molar-refractivity contribution in [3.63, 3.8) is 0 Å². The number of benzene rings is 1. The van der Waals surface area contributed by atoms with E-state index in [9.17, 15) is 0 Å². The maximum absolute atomic E-state index is 7.59. The van der Waals surface area contributed by atoms with Crippen LogP contribution in [0.3, 0.4) is 0 Å². The SMILES string of the molecule is C=CCN(C(=N)OC)c1ccccc1. The van der Waals surface area contributed by atoms with Crippen molar-refractivity contribution in [2.45, 2.75) is 0 Å². The molecule has 0 spiro atoms. The summed E-state index contributed by atoms with van der Waals surface area (Å²) in [4.78, 5) is 1.73. The molecule has 0 atom stereocenters. The Kier molecular flexibility index (Phi) is 3.73. The van der Waals surface area contributed by atoms with Crippen LogP contribution in [0, 0.1) is 5.41 Å². The smallest absolute Gasteiger partial charge is 0.289 e. The summed E-state index contributed by atoms with van der Waals surface area (Å²) in [6, 6.07) is 9.76. The second-order valence-electron chi connectivity index (χ2n) is 2.74. The maximum atomic E-state index is 7.59. The zero-order chi connectivity index (χ0) is 10.4. The highest BCUT2D eigenvalue weighted by Gasteiger charge is 2.09. The van der Waals surface area contributed by atoms with Crippen LogP contribution >= 0.6 is 0 Å². The van der Waals surface area contributed by atoms with E-state index in [1.54, 1.807) is 11.0 Å². The number of para-hydroxylation sites is 1. The van der Waals surface area contributed by atoms with Crippen LogP contribution in [-0.4, -0.2) is 19.7 Å². The van der Waals surface area contributed by atoms with Crippen LogP contribution < -0.4 is 4.90 Å². The standard InChI is InChI=1S/C11H14N2O/c1-3-9-13(11(12)14-2)10-7-5-4-6-8-10/h3-8,12H,1,9H2,2H3. The van der Waals surface area contributed by atoms with Crippen LogP contribution in [0.4, 0.5) is 5.69 Å². The number of hydrogen-bond acceptors (Lipinski definition) is 2. The Hall–Kier alpha value is -1.77. The minimum atomic E-state index is 0.121. The maximum Gasteiger partial charge on any atom is 0.289 e. The van der Waals surface area contributed by atoms with Crippen molar-refractivity contribution in [1.29, 1.82) is 5.41 Å². The lowest BCUT2D eigenvalue weighted by Crippen LogP contribution is -2.31. The average Bonchev–Trinajstić information content (AvgIpc) is 2.26. The predicted molar refractivity (Wildman–Crippen MR) is 58.7 cm³/mol. The van der Waals surface area contributed by atoms with Gasteiger partial charge in [0.15, 0.2) is 0 Å². The molecule has 14 heavy (non-hydrogen) atoms. The van der Waals surface area contributed by atoms with Crippen LogP contribution in [0.15, 0.2) is 43.0 Å². The zero-order valence-electron chi connectivity index (χ0n) is 8.23. The van der Waals surface area contributed by atoms with E-state index in [0.717, 1.165) is 5.69 Å². The van der Waals surface area contributed by atoms with Crippen LogP contribution in [-0.2, 0) is 4.74 Å². The van der Waals surface area contributed by atoms with Gasteiger partial charge in [-0.15, -0.1) is 6.58 Å². The number of hydrogen-bond donors (Lipinski definition) is 1. The van der Waals surface area contributed by atoms with Gasteiger partial charge in [0, 0.05) is 12.2 Å². The van der Waals surface area contributed by atoms with Crippen LogP contribution in [0.5, 0.6) is 0 Å². The topological polar surface area (TPSA) is 36.3 Å². The highest BCUT2D eigenvalue weighted by molar-refractivity contribution is 5.89. The summed E-state index contributed by atoms with van der Waals surface area (Å²) in [5, 5.41) is 7.59. The highest BCUT2D eigenvalue weighted by Crippen LogP contribution is 2.13. The Morgan fingerprint density at radius 1 is 1.50 bits per heavy atom. The molecule has 3 nitrogen and oxygen atoms in total. The number of nitrogens with one attached hydrogen (secondary N) is 1. The third-order valence-electron chi connectivity index (χ3n) is 1.82. The summed E-state index contributed by atoms with van der Waals surface area (Å²) in [5.74, 6) is 0. The molecule has 0 saturated heterocycles. The first-order valence-corrected chi connectivity index (χ1v) is 4.35. The molecule has 1 rings (SSSR count). The molecule has 0 aliphatic heterocycles. The Morgan fingerprint density at radius 3 is 2.64 bits per heavy atom. The highest BCUT2D eigenvalue weighted by atomic mass is 16.5. The van der Waals surface area contributed by atoms with E-state index in [0.29, 0.717) is 6.54 Å². The third kappa shape index (κ3) is 2.36. The molecule has 1 aromatic rings. The molecule has 74 valence electrons. The summed E-state index contributed by atoms with van der Waals surface area (Å²) >= 11 is 0. The fourth-order valence-corrected chi connectivity index (χ4v) is 1.15. The molecule has 0 saturated carbocycles. The average molecular weight is 190 g/mol. The van der Waals surface area contributed by atoms with Gasteiger partial charge in [0.25, 0.3) is 6.02 Å². The van der Waals surface area contributed by atoms with Crippen molar-refractivity contribution in [3.05, 3.63) is 43.0 Å². The fourth-order valence-electron chi connectivity index (χ4n) is 1.15. The van der Waals surface area contributed by atoms with E-state index in [4.69, 9.17) is 10.1 Å². The van der Waals surface area contributed by atoms with Crippen molar-refractivity contribution < 1.29 is 4.74 Å². The van der Waals surface area contributed by atoms with Gasteiger partial charge in [0.1, 0.15) is 0 Å². The number of ether oxygens (including phenoxy) is 1. The van der Waals surface area contributed by atoms with E-state index in [1.165, 1.54) is 7.11 Å². The number of methoxy groups -OCH3 is 1.